The molecule has 2 rings (SSSR count). The van der Waals surface area contributed by atoms with Crippen molar-refractivity contribution in [1.29, 1.82) is 0 Å². The summed E-state index contributed by atoms with van der Waals surface area (Å²) in [4.78, 5) is 0. The molecular weight excluding hydrogens is 201 g/mol. The Labute approximate surface area is 87.6 Å². The Bertz CT molecular complexity index is 366. The summed E-state index contributed by atoms with van der Waals surface area (Å²) in [6.45, 7) is 1.83. The molecule has 0 aromatic heterocycles. The van der Waals surface area contributed by atoms with E-state index in [0.29, 0.717) is 10.6 Å². The molecule has 74 valence electrons. The molecule has 1 aliphatic heterocycles. The van der Waals surface area contributed by atoms with E-state index in [1.807, 2.05) is 6.08 Å². The smallest absolute Gasteiger partial charge is 0.130 e. The Morgan fingerprint density at radius 1 is 1.43 bits per heavy atom. The molecule has 1 N–H and O–H groups in total. The number of hydrogen-bond acceptors (Lipinski definition) is 1. The SMILES string of the molecule is Fc1ccc(Cl)cc1/C=C1/CCNC1. The van der Waals surface area contributed by atoms with Gasteiger partial charge in [-0.25, -0.2) is 4.39 Å². The third-order valence-electron chi connectivity index (χ3n) is 2.29. The van der Waals surface area contributed by atoms with Gasteiger partial charge in [-0.3, -0.25) is 0 Å². The molecule has 0 spiro atoms. The second kappa shape index (κ2) is 4.11. The summed E-state index contributed by atoms with van der Waals surface area (Å²) in [5, 5.41) is 3.78. The third kappa shape index (κ3) is 2.14. The Morgan fingerprint density at radius 2 is 2.29 bits per heavy atom. The van der Waals surface area contributed by atoms with Gasteiger partial charge in [-0.2, -0.15) is 0 Å². The number of benzene rings is 1. The molecule has 0 aliphatic carbocycles. The molecule has 1 saturated heterocycles. The molecule has 0 atom stereocenters. The van der Waals surface area contributed by atoms with Gasteiger partial charge >= 0.3 is 0 Å². The van der Waals surface area contributed by atoms with Crippen molar-refractivity contribution in [2.24, 2.45) is 0 Å². The monoisotopic (exact) mass is 211 g/mol. The number of nitrogens with one attached hydrogen (secondary N) is 1. The summed E-state index contributed by atoms with van der Waals surface area (Å²) >= 11 is 5.79. The normalized spacial score (nSPS) is 19.1. The predicted octanol–water partition coefficient (Wildman–Crippen LogP) is 2.86. The van der Waals surface area contributed by atoms with Crippen molar-refractivity contribution < 1.29 is 4.39 Å². The fourth-order valence-electron chi connectivity index (χ4n) is 1.55. The van der Waals surface area contributed by atoms with Gasteiger partial charge in [-0.1, -0.05) is 23.3 Å². The van der Waals surface area contributed by atoms with Crippen LogP contribution in [0.2, 0.25) is 5.02 Å². The molecule has 1 heterocycles. The zero-order chi connectivity index (χ0) is 9.97. The van der Waals surface area contributed by atoms with E-state index in [2.05, 4.69) is 5.32 Å². The van der Waals surface area contributed by atoms with Gasteiger partial charge in [0.1, 0.15) is 5.82 Å². The van der Waals surface area contributed by atoms with Crippen molar-refractivity contribution in [3.05, 3.63) is 40.2 Å². The summed E-state index contributed by atoms with van der Waals surface area (Å²) in [7, 11) is 0. The molecular formula is C11H11ClFN. The van der Waals surface area contributed by atoms with Gasteiger partial charge in [-0.15, -0.1) is 0 Å². The predicted molar refractivity (Wildman–Crippen MR) is 56.9 cm³/mol. The molecule has 3 heteroatoms. The zero-order valence-corrected chi connectivity index (χ0v) is 8.44. The lowest BCUT2D eigenvalue weighted by molar-refractivity contribution is 0.625. The van der Waals surface area contributed by atoms with E-state index in [1.54, 1.807) is 12.1 Å². The van der Waals surface area contributed by atoms with E-state index in [-0.39, 0.29) is 5.82 Å². The molecule has 1 fully saturated rings. The van der Waals surface area contributed by atoms with Gasteiger partial charge in [0.05, 0.1) is 0 Å². The zero-order valence-electron chi connectivity index (χ0n) is 7.69. The van der Waals surface area contributed by atoms with E-state index >= 15 is 0 Å². The van der Waals surface area contributed by atoms with Crippen LogP contribution in [0.15, 0.2) is 23.8 Å². The van der Waals surface area contributed by atoms with Crippen LogP contribution in [0.25, 0.3) is 6.08 Å². The first-order valence-corrected chi connectivity index (χ1v) is 4.99. The van der Waals surface area contributed by atoms with Crippen LogP contribution < -0.4 is 5.32 Å². The molecule has 1 nitrogen and oxygen atoms in total. The Kier molecular flexibility index (Phi) is 2.85. The van der Waals surface area contributed by atoms with Crippen LogP contribution in [-0.2, 0) is 0 Å². The molecule has 14 heavy (non-hydrogen) atoms. The molecule has 1 aliphatic rings. The van der Waals surface area contributed by atoms with Crippen molar-refractivity contribution >= 4 is 17.7 Å². The van der Waals surface area contributed by atoms with Crippen LogP contribution in [0.4, 0.5) is 4.39 Å². The van der Waals surface area contributed by atoms with E-state index < -0.39 is 0 Å². The van der Waals surface area contributed by atoms with Crippen LogP contribution in [0.5, 0.6) is 0 Å². The highest BCUT2D eigenvalue weighted by Gasteiger charge is 2.07. The summed E-state index contributed by atoms with van der Waals surface area (Å²) in [5.41, 5.74) is 1.81. The number of hydrogen-bond donors (Lipinski definition) is 1. The Morgan fingerprint density at radius 3 is 3.00 bits per heavy atom. The van der Waals surface area contributed by atoms with Gasteiger partial charge in [0.15, 0.2) is 0 Å². The fourth-order valence-corrected chi connectivity index (χ4v) is 1.74. The summed E-state index contributed by atoms with van der Waals surface area (Å²) in [5.74, 6) is -0.214. The highest BCUT2D eigenvalue weighted by molar-refractivity contribution is 6.30. The summed E-state index contributed by atoms with van der Waals surface area (Å²) in [6.07, 6.45) is 2.87. The fraction of sp³-hybridized carbons (Fsp3) is 0.273. The van der Waals surface area contributed by atoms with Gasteiger partial charge in [0.25, 0.3) is 0 Å². The lowest BCUT2D eigenvalue weighted by Gasteiger charge is -1.99. The van der Waals surface area contributed by atoms with E-state index in [4.69, 9.17) is 11.6 Å². The molecule has 0 amide bonds. The van der Waals surface area contributed by atoms with Crippen molar-refractivity contribution in [3.8, 4) is 0 Å². The first kappa shape index (κ1) is 9.69. The Hall–Kier alpha value is -0.860. The van der Waals surface area contributed by atoms with Gasteiger partial charge in [0.2, 0.25) is 0 Å². The largest absolute Gasteiger partial charge is 0.313 e. The van der Waals surface area contributed by atoms with Crippen molar-refractivity contribution in [3.63, 3.8) is 0 Å². The van der Waals surface area contributed by atoms with Crippen LogP contribution in [-0.4, -0.2) is 13.1 Å². The maximum Gasteiger partial charge on any atom is 0.130 e. The highest BCUT2D eigenvalue weighted by Crippen LogP contribution is 2.19. The van der Waals surface area contributed by atoms with Crippen LogP contribution in [0.1, 0.15) is 12.0 Å². The number of rotatable bonds is 1. The van der Waals surface area contributed by atoms with Gasteiger partial charge in [-0.05, 0) is 31.2 Å². The summed E-state index contributed by atoms with van der Waals surface area (Å²) in [6, 6.07) is 4.62. The first-order chi connectivity index (χ1) is 6.75. The molecule has 1 aromatic carbocycles. The number of halogens is 2. The topological polar surface area (TPSA) is 12.0 Å². The Balaban J connectivity index is 2.31. The minimum Gasteiger partial charge on any atom is -0.313 e. The molecule has 1 aromatic rings. The second-order valence-electron chi connectivity index (χ2n) is 3.40. The van der Waals surface area contributed by atoms with Crippen LogP contribution >= 0.6 is 11.6 Å². The minimum absolute atomic E-state index is 0.214. The van der Waals surface area contributed by atoms with E-state index in [0.717, 1.165) is 19.5 Å². The quantitative estimate of drug-likeness (QED) is 0.753. The molecule has 0 radical (unpaired) electrons. The minimum atomic E-state index is -0.214. The third-order valence-corrected chi connectivity index (χ3v) is 2.53. The van der Waals surface area contributed by atoms with E-state index in [9.17, 15) is 4.39 Å². The van der Waals surface area contributed by atoms with Gasteiger partial charge in [0, 0.05) is 17.1 Å². The highest BCUT2D eigenvalue weighted by atomic mass is 35.5. The van der Waals surface area contributed by atoms with Crippen molar-refractivity contribution in [2.75, 3.05) is 13.1 Å². The maximum atomic E-state index is 13.3. The second-order valence-corrected chi connectivity index (χ2v) is 3.83. The van der Waals surface area contributed by atoms with Crippen molar-refractivity contribution in [1.82, 2.24) is 5.32 Å². The van der Waals surface area contributed by atoms with Gasteiger partial charge < -0.3 is 5.32 Å². The maximum absolute atomic E-state index is 13.3. The average molecular weight is 212 g/mol. The van der Waals surface area contributed by atoms with Crippen LogP contribution in [0, 0.1) is 5.82 Å². The molecule has 0 unspecified atom stereocenters. The molecule has 0 saturated carbocycles. The lowest BCUT2D eigenvalue weighted by Crippen LogP contribution is -2.04. The van der Waals surface area contributed by atoms with Crippen molar-refractivity contribution in [2.45, 2.75) is 6.42 Å². The average Bonchev–Trinajstić information content (AvgIpc) is 2.64. The van der Waals surface area contributed by atoms with E-state index in [1.165, 1.54) is 11.6 Å². The molecule has 0 bridgehead atoms. The first-order valence-electron chi connectivity index (χ1n) is 4.61. The van der Waals surface area contributed by atoms with Crippen LogP contribution in [0.3, 0.4) is 0 Å². The lowest BCUT2D eigenvalue weighted by atomic mass is 10.1. The summed E-state index contributed by atoms with van der Waals surface area (Å²) < 4.78 is 13.3. The standard InChI is InChI=1S/C11H11ClFN/c12-10-1-2-11(13)9(6-10)5-8-3-4-14-7-8/h1-2,5-6,14H,3-4,7H2/b8-5-.